The fourth-order valence-electron chi connectivity index (χ4n) is 13.1. The zero-order valence-corrected chi connectivity index (χ0v) is 58.4. The number of ether oxygens (including phenoxy) is 1. The molecule has 0 spiro atoms. The number of nitrogens with one attached hydrogen (secondary N) is 1. The van der Waals surface area contributed by atoms with E-state index in [2.05, 4.69) is 19.2 Å². The van der Waals surface area contributed by atoms with E-state index in [4.69, 9.17) is 4.74 Å². The standard InChI is InChI=1S/C79H157NO5/c1-3-5-7-9-11-13-15-17-19-41-44-47-51-55-59-63-67-71-77(82)76(75-81)80-78(83)72-68-64-60-56-52-48-45-42-39-37-35-33-31-29-27-25-23-21-20-22-24-26-28-30-32-34-36-38-40-43-46-50-54-58-62-66-70-74-85-79(84)73-69-65-61-57-53-49-18-16-14-12-10-8-6-4-2/h76-77,81-82H,3-75H2,1-2H3,(H,80,83). The lowest BCUT2D eigenvalue weighted by atomic mass is 10.0. The number of amides is 1. The SMILES string of the molecule is CCCCCCCCCCCCCCCCCCCC(O)C(CO)NC(=O)CCCCCCCCCCCCCCCCCCCCCCCCCCCCCCCCCCCCCCCOC(=O)CCCCCCCCCCCCCCCC. The van der Waals surface area contributed by atoms with E-state index in [-0.39, 0.29) is 18.5 Å². The predicted molar refractivity (Wildman–Crippen MR) is 375 cm³/mol. The van der Waals surface area contributed by atoms with Crippen molar-refractivity contribution in [2.75, 3.05) is 13.2 Å². The molecule has 508 valence electrons. The first-order valence-corrected chi connectivity index (χ1v) is 39.8. The maximum Gasteiger partial charge on any atom is 0.305 e. The monoisotopic (exact) mass is 1200 g/mol. The van der Waals surface area contributed by atoms with E-state index in [1.54, 1.807) is 0 Å². The van der Waals surface area contributed by atoms with Gasteiger partial charge in [-0.3, -0.25) is 9.59 Å². The van der Waals surface area contributed by atoms with Gasteiger partial charge in [0.05, 0.1) is 25.4 Å². The molecule has 0 aliphatic rings. The summed E-state index contributed by atoms with van der Waals surface area (Å²) in [7, 11) is 0. The molecule has 2 unspecified atom stereocenters. The van der Waals surface area contributed by atoms with E-state index in [1.165, 1.54) is 398 Å². The van der Waals surface area contributed by atoms with Crippen LogP contribution in [-0.2, 0) is 14.3 Å². The molecule has 0 rings (SSSR count). The molecule has 0 bridgehead atoms. The van der Waals surface area contributed by atoms with Gasteiger partial charge in [0, 0.05) is 12.8 Å². The smallest absolute Gasteiger partial charge is 0.305 e. The van der Waals surface area contributed by atoms with Crippen LogP contribution in [0.3, 0.4) is 0 Å². The van der Waals surface area contributed by atoms with Crippen molar-refractivity contribution in [1.82, 2.24) is 5.32 Å². The first-order chi connectivity index (χ1) is 42.0. The third-order valence-corrected chi connectivity index (χ3v) is 19.2. The van der Waals surface area contributed by atoms with E-state index < -0.39 is 12.1 Å². The van der Waals surface area contributed by atoms with Gasteiger partial charge in [-0.05, 0) is 25.7 Å². The lowest BCUT2D eigenvalue weighted by Crippen LogP contribution is -2.45. The average Bonchev–Trinajstić information content (AvgIpc) is 3.51. The number of aliphatic hydroxyl groups is 2. The largest absolute Gasteiger partial charge is 0.466 e. The van der Waals surface area contributed by atoms with Gasteiger partial charge in [0.15, 0.2) is 0 Å². The molecule has 0 aromatic carbocycles. The van der Waals surface area contributed by atoms with Crippen LogP contribution in [0.4, 0.5) is 0 Å². The van der Waals surface area contributed by atoms with E-state index in [0.717, 1.165) is 38.5 Å². The minimum Gasteiger partial charge on any atom is -0.466 e. The zero-order chi connectivity index (χ0) is 61.3. The minimum atomic E-state index is -0.659. The number of rotatable bonds is 76. The second-order valence-electron chi connectivity index (χ2n) is 27.8. The van der Waals surface area contributed by atoms with Crippen LogP contribution in [0, 0.1) is 0 Å². The van der Waals surface area contributed by atoms with Crippen LogP contribution in [0.15, 0.2) is 0 Å². The van der Waals surface area contributed by atoms with Crippen LogP contribution in [0.2, 0.25) is 0 Å². The molecule has 0 saturated carbocycles. The van der Waals surface area contributed by atoms with E-state index in [0.29, 0.717) is 25.9 Å². The summed E-state index contributed by atoms with van der Waals surface area (Å²) >= 11 is 0. The maximum atomic E-state index is 12.5. The number of unbranched alkanes of at least 4 members (excludes halogenated alkanes) is 65. The summed E-state index contributed by atoms with van der Waals surface area (Å²) in [5.74, 6) is 0.00278. The highest BCUT2D eigenvalue weighted by Crippen LogP contribution is 2.21. The Hall–Kier alpha value is -1.14. The average molecular weight is 1200 g/mol. The number of carbonyl (C=O) groups is 2. The van der Waals surface area contributed by atoms with Crippen LogP contribution in [0.25, 0.3) is 0 Å². The Balaban J connectivity index is 3.28. The van der Waals surface area contributed by atoms with Gasteiger partial charge < -0.3 is 20.3 Å². The summed E-state index contributed by atoms with van der Waals surface area (Å²) in [6.07, 6.45) is 93.5. The number of aliphatic hydroxyl groups excluding tert-OH is 2. The van der Waals surface area contributed by atoms with Gasteiger partial charge >= 0.3 is 5.97 Å². The summed E-state index contributed by atoms with van der Waals surface area (Å²) < 4.78 is 5.50. The van der Waals surface area contributed by atoms with Gasteiger partial charge in [0.1, 0.15) is 0 Å². The molecular weight excluding hydrogens is 1040 g/mol. The van der Waals surface area contributed by atoms with Gasteiger partial charge in [0.25, 0.3) is 0 Å². The lowest BCUT2D eigenvalue weighted by Gasteiger charge is -2.22. The summed E-state index contributed by atoms with van der Waals surface area (Å²) in [6, 6.07) is -0.536. The number of carbonyl (C=O) groups excluding carboxylic acids is 2. The Morgan fingerprint density at radius 3 is 0.718 bits per heavy atom. The highest BCUT2D eigenvalue weighted by molar-refractivity contribution is 5.76. The van der Waals surface area contributed by atoms with Gasteiger partial charge in [-0.1, -0.05) is 431 Å². The molecule has 6 nitrogen and oxygen atoms in total. The topological polar surface area (TPSA) is 95.9 Å². The molecular formula is C79H157NO5. The van der Waals surface area contributed by atoms with Crippen LogP contribution >= 0.6 is 0 Å². The summed E-state index contributed by atoms with van der Waals surface area (Å²) in [4.78, 5) is 24.6. The molecule has 1 amide bonds. The molecule has 2 atom stereocenters. The molecule has 0 aliphatic carbocycles. The van der Waals surface area contributed by atoms with Crippen LogP contribution in [0.1, 0.15) is 470 Å². The molecule has 0 heterocycles. The van der Waals surface area contributed by atoms with Crippen molar-refractivity contribution in [2.24, 2.45) is 0 Å². The Bertz CT molecular complexity index is 1240. The lowest BCUT2D eigenvalue weighted by molar-refractivity contribution is -0.143. The summed E-state index contributed by atoms with van der Waals surface area (Å²) in [6.45, 7) is 5.01. The molecule has 0 fully saturated rings. The minimum absolute atomic E-state index is 0.0242. The number of esters is 1. The van der Waals surface area contributed by atoms with E-state index in [9.17, 15) is 19.8 Å². The number of hydrogen-bond donors (Lipinski definition) is 3. The second-order valence-corrected chi connectivity index (χ2v) is 27.8. The van der Waals surface area contributed by atoms with Crippen LogP contribution < -0.4 is 5.32 Å². The molecule has 0 aromatic heterocycles. The molecule has 85 heavy (non-hydrogen) atoms. The van der Waals surface area contributed by atoms with E-state index in [1.807, 2.05) is 0 Å². The first-order valence-electron chi connectivity index (χ1n) is 39.8. The fourth-order valence-corrected chi connectivity index (χ4v) is 13.1. The van der Waals surface area contributed by atoms with Crippen molar-refractivity contribution in [3.8, 4) is 0 Å². The van der Waals surface area contributed by atoms with Gasteiger partial charge in [-0.25, -0.2) is 0 Å². The van der Waals surface area contributed by atoms with Gasteiger partial charge in [0.2, 0.25) is 5.91 Å². The quantitative estimate of drug-likeness (QED) is 0.0417. The van der Waals surface area contributed by atoms with Crippen molar-refractivity contribution in [1.29, 1.82) is 0 Å². The Kier molecular flexibility index (Phi) is 74.3. The Labute approximate surface area is 534 Å². The van der Waals surface area contributed by atoms with Crippen LogP contribution in [-0.4, -0.2) is 47.4 Å². The van der Waals surface area contributed by atoms with E-state index >= 15 is 0 Å². The van der Waals surface area contributed by atoms with Crippen molar-refractivity contribution in [3.63, 3.8) is 0 Å². The third-order valence-electron chi connectivity index (χ3n) is 19.2. The Morgan fingerprint density at radius 2 is 0.482 bits per heavy atom. The molecule has 3 N–H and O–H groups in total. The summed E-state index contributed by atoms with van der Waals surface area (Å²) in [5.41, 5.74) is 0. The predicted octanol–water partition coefficient (Wildman–Crippen LogP) is 26.1. The molecule has 0 radical (unpaired) electrons. The first kappa shape index (κ1) is 83.9. The van der Waals surface area contributed by atoms with Crippen LogP contribution in [0.5, 0.6) is 0 Å². The molecule has 0 saturated heterocycles. The zero-order valence-electron chi connectivity index (χ0n) is 58.4. The van der Waals surface area contributed by atoms with Gasteiger partial charge in [-0.2, -0.15) is 0 Å². The highest BCUT2D eigenvalue weighted by atomic mass is 16.5. The highest BCUT2D eigenvalue weighted by Gasteiger charge is 2.20. The molecule has 0 aromatic rings. The van der Waals surface area contributed by atoms with Crippen molar-refractivity contribution in [2.45, 2.75) is 482 Å². The summed E-state index contributed by atoms with van der Waals surface area (Å²) in [5, 5.41) is 23.4. The fraction of sp³-hybridized carbons (Fsp3) is 0.975. The maximum absolute atomic E-state index is 12.5. The van der Waals surface area contributed by atoms with Crippen molar-refractivity contribution in [3.05, 3.63) is 0 Å². The van der Waals surface area contributed by atoms with Crippen molar-refractivity contribution < 1.29 is 24.5 Å². The van der Waals surface area contributed by atoms with Crippen molar-refractivity contribution >= 4 is 11.9 Å². The number of hydrogen-bond acceptors (Lipinski definition) is 5. The second kappa shape index (κ2) is 75.3. The molecule has 0 aliphatic heterocycles. The third kappa shape index (κ3) is 71.8. The Morgan fingerprint density at radius 1 is 0.282 bits per heavy atom. The van der Waals surface area contributed by atoms with Gasteiger partial charge in [-0.15, -0.1) is 0 Å². The normalized spacial score (nSPS) is 12.4. The molecule has 6 heteroatoms.